The third-order valence-electron chi connectivity index (χ3n) is 4.08. The lowest BCUT2D eigenvalue weighted by Gasteiger charge is -2.19. The first kappa shape index (κ1) is 21.0. The molecule has 2 aromatic rings. The van der Waals surface area contributed by atoms with Gasteiger partial charge in [0.1, 0.15) is 0 Å². The zero-order chi connectivity index (χ0) is 19.6. The van der Waals surface area contributed by atoms with E-state index in [1.54, 1.807) is 4.90 Å². The standard InChI is InChI=1S/C20H28BrN5O/c1-4-22-20(24-13-16-10-12-25(2)14-16)23-11-9-19(27)26(3)15-17-7-5-6-8-18(17)21/h5-8,10,12,14H,4,9,11,13,15H2,1-3H3,(H2,22,23,24). The molecular weight excluding hydrogens is 406 g/mol. The molecule has 1 aromatic carbocycles. The van der Waals surface area contributed by atoms with E-state index >= 15 is 0 Å². The van der Waals surface area contributed by atoms with Gasteiger partial charge in [0.05, 0.1) is 6.54 Å². The lowest BCUT2D eigenvalue weighted by Crippen LogP contribution is -2.39. The number of aromatic nitrogens is 1. The predicted octanol–water partition coefficient (Wildman–Crippen LogP) is 2.89. The van der Waals surface area contributed by atoms with Gasteiger partial charge < -0.3 is 20.1 Å². The largest absolute Gasteiger partial charge is 0.357 e. The molecule has 27 heavy (non-hydrogen) atoms. The number of hydrogen-bond donors (Lipinski definition) is 2. The van der Waals surface area contributed by atoms with Crippen molar-refractivity contribution >= 4 is 27.8 Å². The predicted molar refractivity (Wildman–Crippen MR) is 113 cm³/mol. The molecule has 1 aromatic heterocycles. The minimum absolute atomic E-state index is 0.0946. The average Bonchev–Trinajstić information content (AvgIpc) is 3.06. The SMILES string of the molecule is CCNC(=NCc1ccn(C)c1)NCCC(=O)N(C)Cc1ccccc1Br. The molecule has 1 amide bonds. The summed E-state index contributed by atoms with van der Waals surface area (Å²) in [5, 5.41) is 6.44. The number of halogens is 1. The third kappa shape index (κ3) is 7.09. The van der Waals surface area contributed by atoms with Gasteiger partial charge in [-0.1, -0.05) is 34.1 Å². The van der Waals surface area contributed by atoms with Crippen molar-refractivity contribution in [3.63, 3.8) is 0 Å². The second-order valence-corrected chi connectivity index (χ2v) is 7.25. The van der Waals surface area contributed by atoms with Crippen molar-refractivity contribution in [1.29, 1.82) is 0 Å². The second-order valence-electron chi connectivity index (χ2n) is 6.40. The molecule has 0 spiro atoms. The summed E-state index contributed by atoms with van der Waals surface area (Å²) in [6.07, 6.45) is 4.47. The number of aryl methyl sites for hydroxylation is 1. The first-order valence-corrected chi connectivity index (χ1v) is 9.89. The third-order valence-corrected chi connectivity index (χ3v) is 4.85. The Balaban J connectivity index is 1.80. The summed E-state index contributed by atoms with van der Waals surface area (Å²) in [6.45, 7) is 4.53. The molecule has 1 heterocycles. The van der Waals surface area contributed by atoms with Crippen molar-refractivity contribution in [2.24, 2.45) is 12.0 Å². The zero-order valence-corrected chi connectivity index (χ0v) is 17.8. The summed E-state index contributed by atoms with van der Waals surface area (Å²) in [6, 6.07) is 10.0. The number of benzene rings is 1. The molecule has 0 unspecified atom stereocenters. The molecular formula is C20H28BrN5O. The van der Waals surface area contributed by atoms with Crippen molar-refractivity contribution in [3.8, 4) is 0 Å². The Hall–Kier alpha value is -2.28. The molecule has 146 valence electrons. The second kappa shape index (κ2) is 10.8. The molecule has 2 N–H and O–H groups in total. The van der Waals surface area contributed by atoms with E-state index in [1.165, 1.54) is 0 Å². The van der Waals surface area contributed by atoms with Gasteiger partial charge in [0, 0.05) is 57.0 Å². The normalized spacial score (nSPS) is 11.3. The van der Waals surface area contributed by atoms with Crippen molar-refractivity contribution in [1.82, 2.24) is 20.1 Å². The maximum atomic E-state index is 12.4. The minimum Gasteiger partial charge on any atom is -0.357 e. The average molecular weight is 434 g/mol. The number of rotatable bonds is 8. The van der Waals surface area contributed by atoms with Crippen LogP contribution in [0.1, 0.15) is 24.5 Å². The Morgan fingerprint density at radius 3 is 2.70 bits per heavy atom. The Labute approximate surface area is 169 Å². The van der Waals surface area contributed by atoms with Gasteiger partial charge >= 0.3 is 0 Å². The van der Waals surface area contributed by atoms with E-state index in [9.17, 15) is 4.79 Å². The molecule has 6 nitrogen and oxygen atoms in total. The topological polar surface area (TPSA) is 61.7 Å². The molecule has 0 bridgehead atoms. The summed E-state index contributed by atoms with van der Waals surface area (Å²) >= 11 is 3.53. The van der Waals surface area contributed by atoms with Crippen molar-refractivity contribution in [2.45, 2.75) is 26.4 Å². The van der Waals surface area contributed by atoms with E-state index in [0.29, 0.717) is 26.1 Å². The van der Waals surface area contributed by atoms with Crippen molar-refractivity contribution in [2.75, 3.05) is 20.1 Å². The number of guanidine groups is 1. The van der Waals surface area contributed by atoms with Crippen LogP contribution in [0.25, 0.3) is 0 Å². The van der Waals surface area contributed by atoms with Crippen molar-refractivity contribution < 1.29 is 4.79 Å². The highest BCUT2D eigenvalue weighted by molar-refractivity contribution is 9.10. The van der Waals surface area contributed by atoms with Crippen LogP contribution in [0.5, 0.6) is 0 Å². The number of aliphatic imine (C=N–C) groups is 1. The van der Waals surface area contributed by atoms with E-state index in [0.717, 1.165) is 28.1 Å². The highest BCUT2D eigenvalue weighted by Gasteiger charge is 2.11. The van der Waals surface area contributed by atoms with Gasteiger partial charge in [-0.3, -0.25) is 4.79 Å². The van der Waals surface area contributed by atoms with Gasteiger partial charge in [0.15, 0.2) is 5.96 Å². The van der Waals surface area contributed by atoms with Crippen LogP contribution in [-0.4, -0.2) is 41.5 Å². The van der Waals surface area contributed by atoms with E-state index in [1.807, 2.05) is 68.3 Å². The van der Waals surface area contributed by atoms with Crippen LogP contribution in [0.2, 0.25) is 0 Å². The van der Waals surface area contributed by atoms with Crippen LogP contribution in [-0.2, 0) is 24.9 Å². The lowest BCUT2D eigenvalue weighted by molar-refractivity contribution is -0.130. The molecule has 0 saturated heterocycles. The number of hydrogen-bond acceptors (Lipinski definition) is 2. The molecule has 0 radical (unpaired) electrons. The molecule has 0 fully saturated rings. The number of carbonyl (C=O) groups excluding carboxylic acids is 1. The number of carbonyl (C=O) groups is 1. The molecule has 0 aliphatic carbocycles. The maximum Gasteiger partial charge on any atom is 0.224 e. The Bertz CT molecular complexity index is 771. The van der Waals surface area contributed by atoms with Crippen molar-refractivity contribution in [3.05, 3.63) is 58.3 Å². The first-order chi connectivity index (χ1) is 13.0. The van der Waals surface area contributed by atoms with Crippen LogP contribution in [0.3, 0.4) is 0 Å². The highest BCUT2D eigenvalue weighted by atomic mass is 79.9. The smallest absolute Gasteiger partial charge is 0.224 e. The van der Waals surface area contributed by atoms with Crippen LogP contribution in [0, 0.1) is 0 Å². The zero-order valence-electron chi connectivity index (χ0n) is 16.2. The number of nitrogens with zero attached hydrogens (tertiary/aromatic N) is 3. The van der Waals surface area contributed by atoms with Gasteiger partial charge in [-0.2, -0.15) is 0 Å². The summed E-state index contributed by atoms with van der Waals surface area (Å²) in [5.74, 6) is 0.819. The van der Waals surface area contributed by atoms with E-state index in [2.05, 4.69) is 31.6 Å². The fourth-order valence-corrected chi connectivity index (χ4v) is 3.03. The van der Waals surface area contributed by atoms with Gasteiger partial charge in [-0.25, -0.2) is 4.99 Å². The molecule has 2 rings (SSSR count). The molecule has 0 saturated carbocycles. The Morgan fingerprint density at radius 1 is 1.26 bits per heavy atom. The molecule has 7 heteroatoms. The van der Waals surface area contributed by atoms with Gasteiger partial charge in [-0.05, 0) is 30.2 Å². The van der Waals surface area contributed by atoms with Crippen LogP contribution in [0.4, 0.5) is 0 Å². The van der Waals surface area contributed by atoms with Gasteiger partial charge in [-0.15, -0.1) is 0 Å². The lowest BCUT2D eigenvalue weighted by atomic mass is 10.2. The minimum atomic E-state index is 0.0946. The highest BCUT2D eigenvalue weighted by Crippen LogP contribution is 2.17. The van der Waals surface area contributed by atoms with Gasteiger partial charge in [0.2, 0.25) is 5.91 Å². The first-order valence-electron chi connectivity index (χ1n) is 9.10. The maximum absolute atomic E-state index is 12.4. The molecule has 0 atom stereocenters. The Kier molecular flexibility index (Phi) is 8.39. The monoisotopic (exact) mass is 433 g/mol. The molecule has 0 aliphatic heterocycles. The number of nitrogens with one attached hydrogen (secondary N) is 2. The number of amides is 1. The van der Waals surface area contributed by atoms with E-state index in [4.69, 9.17) is 0 Å². The quantitative estimate of drug-likeness (QED) is 0.496. The van der Waals surface area contributed by atoms with Gasteiger partial charge in [0.25, 0.3) is 0 Å². The van der Waals surface area contributed by atoms with Crippen LogP contribution < -0.4 is 10.6 Å². The molecule has 0 aliphatic rings. The summed E-state index contributed by atoms with van der Waals surface area (Å²) in [4.78, 5) is 18.7. The summed E-state index contributed by atoms with van der Waals surface area (Å²) in [5.41, 5.74) is 2.25. The fourth-order valence-electron chi connectivity index (χ4n) is 2.62. The Morgan fingerprint density at radius 2 is 2.04 bits per heavy atom. The summed E-state index contributed by atoms with van der Waals surface area (Å²) in [7, 11) is 3.82. The van der Waals surface area contributed by atoms with E-state index in [-0.39, 0.29) is 5.91 Å². The van der Waals surface area contributed by atoms with Crippen LogP contribution >= 0.6 is 15.9 Å². The van der Waals surface area contributed by atoms with Crippen LogP contribution in [0.15, 0.2) is 52.2 Å². The van der Waals surface area contributed by atoms with E-state index < -0.39 is 0 Å². The summed E-state index contributed by atoms with van der Waals surface area (Å²) < 4.78 is 3.02. The fraction of sp³-hybridized carbons (Fsp3) is 0.400.